The molecule has 3 aliphatic heterocycles. The van der Waals surface area contributed by atoms with Crippen LogP contribution in [0, 0.1) is 11.6 Å². The fourth-order valence-electron chi connectivity index (χ4n) is 6.24. The third-order valence-electron chi connectivity index (χ3n) is 8.03. The molecule has 3 aromatic rings. The molecule has 2 fully saturated rings. The van der Waals surface area contributed by atoms with E-state index in [0.717, 1.165) is 31.5 Å². The molecule has 3 aliphatic rings. The molecule has 0 radical (unpaired) electrons. The van der Waals surface area contributed by atoms with Crippen LogP contribution in [0.25, 0.3) is 0 Å². The number of amides is 2. The molecular weight excluding hydrogens is 506 g/mol. The Morgan fingerprint density at radius 2 is 1.72 bits per heavy atom. The fourth-order valence-corrected chi connectivity index (χ4v) is 6.24. The van der Waals surface area contributed by atoms with Crippen LogP contribution >= 0.6 is 0 Å². The van der Waals surface area contributed by atoms with Crippen LogP contribution in [0.4, 0.5) is 13.6 Å². The molecule has 39 heavy (non-hydrogen) atoms. The second-order valence-electron chi connectivity index (χ2n) is 10.3. The average molecular weight is 535 g/mol. The predicted octanol–water partition coefficient (Wildman–Crippen LogP) is 4.50. The molecule has 0 N–H and O–H groups in total. The highest BCUT2D eigenvalue weighted by atomic mass is 19.2. The van der Waals surface area contributed by atoms with E-state index in [1.54, 1.807) is 4.90 Å². The number of halogens is 2. The summed E-state index contributed by atoms with van der Waals surface area (Å²) in [5.41, 5.74) is -0.0180. The van der Waals surface area contributed by atoms with Crippen LogP contribution in [0.2, 0.25) is 0 Å². The largest absolute Gasteiger partial charge is 0.415 e. The van der Waals surface area contributed by atoms with Crippen molar-refractivity contribution >= 4 is 12.0 Å². The molecule has 2 saturated heterocycles. The lowest BCUT2D eigenvalue weighted by Crippen LogP contribution is -2.51. The summed E-state index contributed by atoms with van der Waals surface area (Å²) in [6.07, 6.45) is 4.31. The smallest absolute Gasteiger partial charge is 0.403 e. The van der Waals surface area contributed by atoms with Crippen molar-refractivity contribution in [1.82, 2.24) is 19.6 Å². The number of hydrogen-bond acceptors (Lipinski definition) is 5. The first-order valence-corrected chi connectivity index (χ1v) is 13.3. The molecule has 2 amide bonds. The summed E-state index contributed by atoms with van der Waals surface area (Å²) in [6, 6.07) is 12.1. The maximum Gasteiger partial charge on any atom is 0.415 e. The van der Waals surface area contributed by atoms with Gasteiger partial charge in [-0.15, -0.1) is 0 Å². The number of rotatable bonds is 4. The van der Waals surface area contributed by atoms with E-state index in [0.29, 0.717) is 38.0 Å². The molecule has 1 aromatic heterocycles. The van der Waals surface area contributed by atoms with Crippen molar-refractivity contribution in [2.24, 2.45) is 0 Å². The number of piperidine rings is 1. The quantitative estimate of drug-likeness (QED) is 0.492. The van der Waals surface area contributed by atoms with Gasteiger partial charge in [0.25, 0.3) is 5.91 Å². The maximum absolute atomic E-state index is 15.4. The van der Waals surface area contributed by atoms with Crippen LogP contribution in [-0.2, 0) is 0 Å². The Labute approximate surface area is 223 Å². The molecule has 4 heterocycles. The van der Waals surface area contributed by atoms with Crippen LogP contribution in [0.3, 0.4) is 0 Å². The number of likely N-dealkylation sites (tertiary alicyclic amines) is 1. The highest BCUT2D eigenvalue weighted by Gasteiger charge is 2.49. The Balaban J connectivity index is 1.53. The van der Waals surface area contributed by atoms with Crippen molar-refractivity contribution in [2.45, 2.75) is 50.1 Å². The van der Waals surface area contributed by atoms with Gasteiger partial charge in [-0.3, -0.25) is 9.59 Å². The number of benzene rings is 2. The van der Waals surface area contributed by atoms with Crippen LogP contribution < -0.4 is 10.2 Å². The molecule has 2 aromatic carbocycles. The molecular formula is C29H28F2N4O4. The number of aromatic nitrogens is 2. The Bertz CT molecular complexity index is 1470. The lowest BCUT2D eigenvalue weighted by Gasteiger charge is -2.42. The van der Waals surface area contributed by atoms with Crippen molar-refractivity contribution in [1.29, 1.82) is 0 Å². The van der Waals surface area contributed by atoms with Crippen molar-refractivity contribution in [2.75, 3.05) is 19.6 Å². The van der Waals surface area contributed by atoms with Gasteiger partial charge >= 0.3 is 6.09 Å². The summed E-state index contributed by atoms with van der Waals surface area (Å²) in [6.45, 7) is 1.44. The lowest BCUT2D eigenvalue weighted by atomic mass is 9.79. The van der Waals surface area contributed by atoms with Crippen molar-refractivity contribution < 1.29 is 23.1 Å². The topological polar surface area (TPSA) is 84.7 Å². The molecule has 0 spiro atoms. The van der Waals surface area contributed by atoms with E-state index in [-0.39, 0.29) is 17.0 Å². The Kier molecular flexibility index (Phi) is 6.62. The Hall–Kier alpha value is -4.08. The van der Waals surface area contributed by atoms with E-state index < -0.39 is 47.1 Å². The molecule has 6 rings (SSSR count). The first kappa shape index (κ1) is 25.2. The SMILES string of the molecule is O=C(Oc1c2n(ncc1=O)[C@@H](C(c1ccccc1)c1cccc(F)c1F)[C@H]1CCCN1C2=O)N1CCCCC1. The fraction of sp³-hybridized carbons (Fsp3) is 0.379. The van der Waals surface area contributed by atoms with Gasteiger partial charge in [-0.25, -0.2) is 18.3 Å². The first-order valence-electron chi connectivity index (χ1n) is 13.3. The second-order valence-corrected chi connectivity index (χ2v) is 10.3. The van der Waals surface area contributed by atoms with E-state index in [4.69, 9.17) is 4.74 Å². The van der Waals surface area contributed by atoms with Crippen LogP contribution in [0.1, 0.15) is 65.7 Å². The molecule has 3 atom stereocenters. The van der Waals surface area contributed by atoms with Crippen LogP contribution in [0.5, 0.6) is 5.75 Å². The zero-order valence-electron chi connectivity index (χ0n) is 21.3. The predicted molar refractivity (Wildman–Crippen MR) is 138 cm³/mol. The van der Waals surface area contributed by atoms with E-state index in [2.05, 4.69) is 5.10 Å². The van der Waals surface area contributed by atoms with E-state index in [9.17, 15) is 18.8 Å². The molecule has 0 bridgehead atoms. The molecule has 0 aliphatic carbocycles. The summed E-state index contributed by atoms with van der Waals surface area (Å²) in [5, 5.41) is 4.35. The van der Waals surface area contributed by atoms with Gasteiger partial charge in [0.15, 0.2) is 17.3 Å². The minimum atomic E-state index is -0.979. The summed E-state index contributed by atoms with van der Waals surface area (Å²) < 4.78 is 36.9. The summed E-state index contributed by atoms with van der Waals surface area (Å²) in [4.78, 5) is 43.0. The first-order chi connectivity index (χ1) is 19.0. The second kappa shape index (κ2) is 10.2. The summed E-state index contributed by atoms with van der Waals surface area (Å²) in [5.74, 6) is -3.56. The summed E-state index contributed by atoms with van der Waals surface area (Å²) >= 11 is 0. The van der Waals surface area contributed by atoms with Gasteiger partial charge in [0, 0.05) is 31.1 Å². The maximum atomic E-state index is 15.4. The lowest BCUT2D eigenvalue weighted by molar-refractivity contribution is 0.0562. The molecule has 0 saturated carbocycles. The minimum Gasteiger partial charge on any atom is -0.403 e. The monoisotopic (exact) mass is 534 g/mol. The Morgan fingerprint density at radius 1 is 0.949 bits per heavy atom. The van der Waals surface area contributed by atoms with E-state index in [1.165, 1.54) is 21.7 Å². The zero-order chi connectivity index (χ0) is 27.1. The number of carbonyl (C=O) groups is 2. The number of nitrogens with zero attached hydrogens (tertiary/aromatic N) is 4. The standard InChI is InChI=1S/C29H28F2N4O4/c30-20-12-7-11-19(24(20)31)23(18-9-3-1-4-10-18)25-21-13-8-16-34(21)28(37)26-27(22(36)17-32-35(25)26)39-29(38)33-14-5-2-6-15-33/h1,3-4,7,9-12,17,21,23,25H,2,5-6,8,13-16H2/t21-,23?,25-/m1/s1. The Morgan fingerprint density at radius 3 is 2.49 bits per heavy atom. The number of hydrogen-bond donors (Lipinski definition) is 0. The molecule has 202 valence electrons. The molecule has 8 nitrogen and oxygen atoms in total. The van der Waals surface area contributed by atoms with Crippen molar-refractivity contribution in [3.63, 3.8) is 0 Å². The third-order valence-corrected chi connectivity index (χ3v) is 8.03. The normalized spacial score (nSPS) is 21.3. The number of fused-ring (bicyclic) bond motifs is 2. The van der Waals surface area contributed by atoms with Gasteiger partial charge in [-0.1, -0.05) is 42.5 Å². The molecule has 10 heteroatoms. The van der Waals surface area contributed by atoms with Crippen LogP contribution in [-0.4, -0.2) is 57.3 Å². The third kappa shape index (κ3) is 4.37. The number of carbonyl (C=O) groups excluding carboxylic acids is 2. The van der Waals surface area contributed by atoms with Gasteiger partial charge in [0.1, 0.15) is 0 Å². The highest BCUT2D eigenvalue weighted by Crippen LogP contribution is 2.46. The number of ether oxygens (including phenoxy) is 1. The van der Waals surface area contributed by atoms with Gasteiger partial charge in [0.05, 0.1) is 18.3 Å². The van der Waals surface area contributed by atoms with Gasteiger partial charge in [-0.05, 0) is 43.7 Å². The van der Waals surface area contributed by atoms with Gasteiger partial charge in [0.2, 0.25) is 11.2 Å². The van der Waals surface area contributed by atoms with E-state index in [1.807, 2.05) is 30.3 Å². The molecule has 1 unspecified atom stereocenters. The van der Waals surface area contributed by atoms with Crippen molar-refractivity contribution in [3.8, 4) is 5.75 Å². The average Bonchev–Trinajstić information content (AvgIpc) is 3.45. The van der Waals surface area contributed by atoms with Gasteiger partial charge in [-0.2, -0.15) is 5.10 Å². The van der Waals surface area contributed by atoms with Crippen LogP contribution in [0.15, 0.2) is 59.5 Å². The summed E-state index contributed by atoms with van der Waals surface area (Å²) in [7, 11) is 0. The van der Waals surface area contributed by atoms with E-state index >= 15 is 4.39 Å². The van der Waals surface area contributed by atoms with Gasteiger partial charge < -0.3 is 14.5 Å². The van der Waals surface area contributed by atoms with Crippen molar-refractivity contribution in [3.05, 3.63) is 93.4 Å². The highest BCUT2D eigenvalue weighted by molar-refractivity contribution is 5.97. The zero-order valence-corrected chi connectivity index (χ0v) is 21.3. The minimum absolute atomic E-state index is 0.116.